The number of nitrogens with zero attached hydrogens (tertiary/aromatic N) is 3. The maximum Gasteiger partial charge on any atom is 0.272 e. The van der Waals surface area contributed by atoms with Crippen LogP contribution < -0.4 is 14.8 Å². The third kappa shape index (κ3) is 3.59. The summed E-state index contributed by atoms with van der Waals surface area (Å²) < 4.78 is 10.7. The second kappa shape index (κ2) is 7.43. The molecule has 29 heavy (non-hydrogen) atoms. The highest BCUT2D eigenvalue weighted by molar-refractivity contribution is 5.92. The Hall–Kier alpha value is -3.61. The van der Waals surface area contributed by atoms with Crippen molar-refractivity contribution >= 4 is 11.9 Å². The number of amides is 1. The largest absolute Gasteiger partial charge is 0.454 e. The summed E-state index contributed by atoms with van der Waals surface area (Å²) >= 11 is 0. The van der Waals surface area contributed by atoms with Gasteiger partial charge in [0.05, 0.1) is 0 Å². The Morgan fingerprint density at radius 3 is 2.86 bits per heavy atom. The van der Waals surface area contributed by atoms with E-state index in [1.54, 1.807) is 12.3 Å². The number of hydrogen-bond donors (Lipinski definition) is 1. The first-order valence-corrected chi connectivity index (χ1v) is 9.58. The molecule has 0 saturated carbocycles. The Bertz CT molecular complexity index is 1070. The second-order valence-electron chi connectivity index (χ2n) is 7.05. The van der Waals surface area contributed by atoms with Gasteiger partial charge in [-0.05, 0) is 41.3 Å². The maximum absolute atomic E-state index is 12.9. The molecule has 0 radical (unpaired) electrons. The molecule has 1 N–H and O–H groups in total. The van der Waals surface area contributed by atoms with Crippen molar-refractivity contribution in [2.45, 2.75) is 19.5 Å². The number of carbonyl (C=O) groups excluding carboxylic acids is 1. The van der Waals surface area contributed by atoms with Gasteiger partial charge in [-0.25, -0.2) is 9.97 Å². The van der Waals surface area contributed by atoms with Gasteiger partial charge in [0.15, 0.2) is 11.5 Å². The molecular formula is C22H20N4O3. The van der Waals surface area contributed by atoms with Gasteiger partial charge in [0.25, 0.3) is 5.91 Å². The SMILES string of the molecule is O=C(c1ccnc(NCc2ccc3c(c2)OCO3)n1)N1CCc2ccccc2C1. The first-order valence-electron chi connectivity index (χ1n) is 9.58. The molecule has 146 valence electrons. The van der Waals surface area contributed by atoms with Gasteiger partial charge in [-0.3, -0.25) is 4.79 Å². The molecule has 5 rings (SSSR count). The summed E-state index contributed by atoms with van der Waals surface area (Å²) in [5.74, 6) is 1.83. The van der Waals surface area contributed by atoms with Crippen LogP contribution in [0.3, 0.4) is 0 Å². The zero-order chi connectivity index (χ0) is 19.6. The maximum atomic E-state index is 12.9. The number of ether oxygens (including phenoxy) is 2. The predicted octanol–water partition coefficient (Wildman–Crippen LogP) is 3.02. The molecule has 2 aromatic carbocycles. The van der Waals surface area contributed by atoms with Gasteiger partial charge < -0.3 is 19.7 Å². The minimum Gasteiger partial charge on any atom is -0.454 e. The van der Waals surface area contributed by atoms with E-state index in [2.05, 4.69) is 27.4 Å². The molecule has 1 amide bonds. The van der Waals surface area contributed by atoms with E-state index in [-0.39, 0.29) is 12.7 Å². The first kappa shape index (κ1) is 17.5. The highest BCUT2D eigenvalue weighted by Gasteiger charge is 2.22. The topological polar surface area (TPSA) is 76.6 Å². The normalized spacial score (nSPS) is 14.4. The summed E-state index contributed by atoms with van der Waals surface area (Å²) in [6, 6.07) is 15.7. The van der Waals surface area contributed by atoms with Crippen molar-refractivity contribution in [3.05, 3.63) is 77.1 Å². The predicted molar refractivity (Wildman–Crippen MR) is 107 cm³/mol. The van der Waals surface area contributed by atoms with E-state index >= 15 is 0 Å². The van der Waals surface area contributed by atoms with Crippen LogP contribution in [0.1, 0.15) is 27.2 Å². The molecule has 2 aliphatic rings. The van der Waals surface area contributed by atoms with Crippen LogP contribution in [0.25, 0.3) is 0 Å². The lowest BCUT2D eigenvalue weighted by Crippen LogP contribution is -2.36. The molecule has 3 aromatic rings. The number of carbonyl (C=O) groups is 1. The van der Waals surface area contributed by atoms with Crippen LogP contribution in [0.2, 0.25) is 0 Å². The first-order chi connectivity index (χ1) is 14.3. The summed E-state index contributed by atoms with van der Waals surface area (Å²) in [5.41, 5.74) is 3.92. The highest BCUT2D eigenvalue weighted by Crippen LogP contribution is 2.32. The lowest BCUT2D eigenvalue weighted by Gasteiger charge is -2.28. The molecular weight excluding hydrogens is 368 g/mol. The van der Waals surface area contributed by atoms with E-state index < -0.39 is 0 Å². The quantitative estimate of drug-likeness (QED) is 0.740. The second-order valence-corrected chi connectivity index (χ2v) is 7.05. The Morgan fingerprint density at radius 1 is 1.07 bits per heavy atom. The molecule has 3 heterocycles. The van der Waals surface area contributed by atoms with Crippen LogP contribution in [0.5, 0.6) is 11.5 Å². The standard InChI is InChI=1S/C22H20N4O3/c27-21(26-10-8-16-3-1-2-4-17(16)13-26)18-7-9-23-22(25-18)24-12-15-5-6-19-20(11-15)29-14-28-19/h1-7,9,11H,8,10,12-14H2,(H,23,24,25). The van der Waals surface area contributed by atoms with Gasteiger partial charge in [-0.15, -0.1) is 0 Å². The fourth-order valence-corrected chi connectivity index (χ4v) is 3.63. The van der Waals surface area contributed by atoms with Crippen molar-refractivity contribution in [3.63, 3.8) is 0 Å². The van der Waals surface area contributed by atoms with E-state index in [1.807, 2.05) is 35.2 Å². The van der Waals surface area contributed by atoms with Crippen LogP contribution in [0.4, 0.5) is 5.95 Å². The van der Waals surface area contributed by atoms with Crippen molar-refractivity contribution in [1.82, 2.24) is 14.9 Å². The van der Waals surface area contributed by atoms with Gasteiger partial charge in [0.2, 0.25) is 12.7 Å². The molecule has 0 saturated heterocycles. The number of fused-ring (bicyclic) bond motifs is 2. The van der Waals surface area contributed by atoms with Crippen molar-refractivity contribution in [2.75, 3.05) is 18.7 Å². The summed E-state index contributed by atoms with van der Waals surface area (Å²) in [7, 11) is 0. The molecule has 0 atom stereocenters. The summed E-state index contributed by atoms with van der Waals surface area (Å²) in [4.78, 5) is 23.4. The minimum atomic E-state index is -0.0759. The number of aromatic nitrogens is 2. The van der Waals surface area contributed by atoms with Crippen LogP contribution in [0, 0.1) is 0 Å². The number of anilines is 1. The van der Waals surface area contributed by atoms with Crippen molar-refractivity contribution < 1.29 is 14.3 Å². The smallest absolute Gasteiger partial charge is 0.272 e. The van der Waals surface area contributed by atoms with Gasteiger partial charge in [0.1, 0.15) is 5.69 Å². The van der Waals surface area contributed by atoms with E-state index in [0.29, 0.717) is 31.3 Å². The Morgan fingerprint density at radius 2 is 1.93 bits per heavy atom. The van der Waals surface area contributed by atoms with Crippen molar-refractivity contribution in [2.24, 2.45) is 0 Å². The highest BCUT2D eigenvalue weighted by atomic mass is 16.7. The van der Waals surface area contributed by atoms with Crippen LogP contribution >= 0.6 is 0 Å². The van der Waals surface area contributed by atoms with Crippen molar-refractivity contribution in [3.8, 4) is 11.5 Å². The molecule has 0 aliphatic carbocycles. The Balaban J connectivity index is 1.27. The summed E-state index contributed by atoms with van der Waals surface area (Å²) in [5, 5.41) is 3.18. The lowest BCUT2D eigenvalue weighted by atomic mass is 10.00. The minimum absolute atomic E-state index is 0.0759. The van der Waals surface area contributed by atoms with Gasteiger partial charge in [-0.2, -0.15) is 0 Å². The molecule has 0 unspecified atom stereocenters. The summed E-state index contributed by atoms with van der Waals surface area (Å²) in [6.07, 6.45) is 2.47. The Labute approximate surface area is 168 Å². The van der Waals surface area contributed by atoms with Crippen LogP contribution in [-0.4, -0.2) is 34.1 Å². The molecule has 7 heteroatoms. The van der Waals surface area contributed by atoms with Gasteiger partial charge in [0, 0.05) is 25.8 Å². The fourth-order valence-electron chi connectivity index (χ4n) is 3.63. The van der Waals surface area contributed by atoms with Crippen molar-refractivity contribution in [1.29, 1.82) is 0 Å². The molecule has 1 aromatic heterocycles. The third-order valence-electron chi connectivity index (χ3n) is 5.18. The Kier molecular flexibility index (Phi) is 4.48. The average Bonchev–Trinajstić information content (AvgIpc) is 3.25. The third-order valence-corrected chi connectivity index (χ3v) is 5.18. The molecule has 2 aliphatic heterocycles. The zero-order valence-electron chi connectivity index (χ0n) is 15.8. The van der Waals surface area contributed by atoms with E-state index in [1.165, 1.54) is 11.1 Å². The van der Waals surface area contributed by atoms with Gasteiger partial charge >= 0.3 is 0 Å². The monoisotopic (exact) mass is 388 g/mol. The number of nitrogens with one attached hydrogen (secondary N) is 1. The van der Waals surface area contributed by atoms with E-state index in [4.69, 9.17) is 9.47 Å². The number of benzene rings is 2. The number of rotatable bonds is 4. The molecule has 0 fully saturated rings. The molecule has 0 spiro atoms. The van der Waals surface area contributed by atoms with Crippen LogP contribution in [0.15, 0.2) is 54.7 Å². The summed E-state index contributed by atoms with van der Waals surface area (Å²) in [6.45, 7) is 2.07. The number of hydrogen-bond acceptors (Lipinski definition) is 6. The fraction of sp³-hybridized carbons (Fsp3) is 0.227. The molecule has 7 nitrogen and oxygen atoms in total. The lowest BCUT2D eigenvalue weighted by molar-refractivity contribution is 0.0728. The van der Waals surface area contributed by atoms with E-state index in [9.17, 15) is 4.79 Å². The van der Waals surface area contributed by atoms with Crippen LogP contribution in [-0.2, 0) is 19.5 Å². The average molecular weight is 388 g/mol. The zero-order valence-corrected chi connectivity index (χ0v) is 15.8. The van der Waals surface area contributed by atoms with Gasteiger partial charge in [-0.1, -0.05) is 30.3 Å². The molecule has 0 bridgehead atoms. The van der Waals surface area contributed by atoms with E-state index in [0.717, 1.165) is 23.5 Å².